The number of aromatic amines is 1. The first-order chi connectivity index (χ1) is 29.5. The number of rotatable bonds is 3. The number of nitrogens with zero attached hydrogens (tertiary/aromatic N) is 2. The molecular weight excluding hydrogens is 772 g/mol. The second-order valence-electron chi connectivity index (χ2n) is 18.7. The number of nitrogens with one attached hydrogen (secondary N) is 1. The summed E-state index contributed by atoms with van der Waals surface area (Å²) in [7, 11) is 0. The van der Waals surface area contributed by atoms with Crippen molar-refractivity contribution in [1.82, 2.24) is 15.0 Å². The summed E-state index contributed by atoms with van der Waals surface area (Å²) in [6.07, 6.45) is -4.75. The highest BCUT2D eigenvalue weighted by Crippen LogP contribution is 2.49. The highest BCUT2D eigenvalue weighted by atomic mass is 19.4. The van der Waals surface area contributed by atoms with Gasteiger partial charge in [-0.15, -0.1) is 0 Å². The molecule has 4 heterocycles. The minimum Gasteiger partial charge on any atom is -0.353 e. The number of H-pyrrole nitrogens is 1. The first-order valence-electron chi connectivity index (χ1n) is 21.1. The monoisotopic (exact) mass is 817 g/mol. The van der Waals surface area contributed by atoms with Gasteiger partial charge in [-0.3, -0.25) is 0 Å². The molecule has 1 N–H and O–H groups in total. The third kappa shape index (κ3) is 6.69. The molecule has 0 amide bonds. The summed E-state index contributed by atoms with van der Waals surface area (Å²) in [5.74, 6) is 0. The number of hydrogen-bond donors (Lipinski definition) is 1. The summed E-state index contributed by atoms with van der Waals surface area (Å²) in [4.78, 5) is 14.6. The van der Waals surface area contributed by atoms with Gasteiger partial charge in [-0.2, -0.15) is 13.2 Å². The van der Waals surface area contributed by atoms with Gasteiger partial charge in [-0.25, -0.2) is 9.97 Å². The Kier molecular flexibility index (Phi) is 8.97. The summed E-state index contributed by atoms with van der Waals surface area (Å²) in [6.45, 7) is 15.2. The van der Waals surface area contributed by atoms with Crippen LogP contribution in [0.3, 0.4) is 0 Å². The Balaban J connectivity index is 1.47. The Morgan fingerprint density at radius 1 is 0.419 bits per heavy atom. The van der Waals surface area contributed by atoms with Crippen molar-refractivity contribution in [2.75, 3.05) is 0 Å². The Morgan fingerprint density at radius 2 is 0.839 bits per heavy atom. The average Bonchev–Trinajstić information content (AvgIpc) is 3.64. The van der Waals surface area contributed by atoms with Crippen LogP contribution in [0.4, 0.5) is 13.2 Å². The van der Waals surface area contributed by atoms with Crippen LogP contribution in [0.25, 0.3) is 100 Å². The molecule has 3 nitrogen and oxygen atoms in total. The third-order valence-corrected chi connectivity index (χ3v) is 12.4. The number of halogens is 3. The van der Waals surface area contributed by atoms with Gasteiger partial charge in [-0.05, 0) is 122 Å². The molecule has 0 saturated carbocycles. The van der Waals surface area contributed by atoms with E-state index in [1.165, 1.54) is 0 Å². The maximum absolute atomic E-state index is 16.1. The molecule has 306 valence electrons. The summed E-state index contributed by atoms with van der Waals surface area (Å²) in [5.41, 5.74) is 12.2. The fourth-order valence-corrected chi connectivity index (χ4v) is 9.04. The van der Waals surface area contributed by atoms with Crippen molar-refractivity contribution in [2.24, 2.45) is 0 Å². The largest absolute Gasteiger partial charge is 0.419 e. The lowest BCUT2D eigenvalue weighted by molar-refractivity contribution is -0.136. The molecule has 0 saturated heterocycles. The van der Waals surface area contributed by atoms with Crippen LogP contribution < -0.4 is 0 Å². The maximum atomic E-state index is 16.1. The first kappa shape index (κ1) is 39.4. The number of fused-ring (bicyclic) bond motifs is 11. The Bertz CT molecular complexity index is 3220. The summed E-state index contributed by atoms with van der Waals surface area (Å²) >= 11 is 0. The lowest BCUT2D eigenvalue weighted by Gasteiger charge is -2.23. The Hall–Kier alpha value is -6.79. The number of aromatic nitrogens is 3. The molecule has 6 heteroatoms. The molecular formula is C56H46F3N3. The molecule has 0 radical (unpaired) electrons. The molecule has 10 rings (SSSR count). The molecule has 0 unspecified atom stereocenters. The number of alkyl halides is 3. The molecule has 62 heavy (non-hydrogen) atoms. The molecule has 0 aliphatic carbocycles. The van der Waals surface area contributed by atoms with Crippen molar-refractivity contribution in [1.29, 1.82) is 0 Å². The number of benzene rings is 6. The van der Waals surface area contributed by atoms with E-state index < -0.39 is 11.7 Å². The van der Waals surface area contributed by atoms with Gasteiger partial charge in [-0.1, -0.05) is 133 Å². The van der Waals surface area contributed by atoms with Gasteiger partial charge < -0.3 is 4.98 Å². The predicted molar refractivity (Wildman–Crippen MR) is 250 cm³/mol. The summed E-state index contributed by atoms with van der Waals surface area (Å²) < 4.78 is 48.2. The standard InChI is InChI=1S/C56H46F3N3/c1-32-41(34-19-13-9-14-20-34)30-47-45-28-39(54(2,3)4)26-43-44-27-40(55(5,6)7)29-46(53(44)62-52(43)45)48-31-42(35-21-15-10-16-22-35)49(56(57,58)59)51(61-48)38-24-36(33-17-11-8-12-18-33)23-37(25-38)50(32)60-47/h8-31,62H,1-7H3. The van der Waals surface area contributed by atoms with Crippen molar-refractivity contribution in [3.05, 3.63) is 168 Å². The van der Waals surface area contributed by atoms with Gasteiger partial charge in [0.15, 0.2) is 0 Å². The van der Waals surface area contributed by atoms with Gasteiger partial charge in [0, 0.05) is 33.0 Å². The average molecular weight is 818 g/mol. The zero-order valence-corrected chi connectivity index (χ0v) is 35.9. The van der Waals surface area contributed by atoms with Crippen LogP contribution >= 0.6 is 0 Å². The van der Waals surface area contributed by atoms with Gasteiger partial charge >= 0.3 is 6.18 Å². The van der Waals surface area contributed by atoms with Crippen LogP contribution in [0.5, 0.6) is 0 Å². The smallest absolute Gasteiger partial charge is 0.353 e. The molecule has 0 spiro atoms. The Morgan fingerprint density at radius 3 is 1.32 bits per heavy atom. The van der Waals surface area contributed by atoms with Gasteiger partial charge in [0.2, 0.25) is 0 Å². The number of hydrogen-bond acceptors (Lipinski definition) is 2. The fourth-order valence-electron chi connectivity index (χ4n) is 9.04. The highest BCUT2D eigenvalue weighted by Gasteiger charge is 2.39. The molecule has 8 bridgehead atoms. The molecule has 0 atom stereocenters. The topological polar surface area (TPSA) is 41.6 Å². The van der Waals surface area contributed by atoms with Crippen LogP contribution in [0.15, 0.2) is 146 Å². The fraction of sp³-hybridized carbons (Fsp3) is 0.179. The van der Waals surface area contributed by atoms with Crippen molar-refractivity contribution in [3.8, 4) is 78.4 Å². The van der Waals surface area contributed by atoms with E-state index in [-0.39, 0.29) is 22.1 Å². The van der Waals surface area contributed by atoms with E-state index in [2.05, 4.69) is 102 Å². The van der Waals surface area contributed by atoms with Gasteiger partial charge in [0.25, 0.3) is 0 Å². The van der Waals surface area contributed by atoms with Crippen LogP contribution in [0.2, 0.25) is 0 Å². The lowest BCUT2D eigenvalue weighted by Crippen LogP contribution is -2.13. The van der Waals surface area contributed by atoms with Crippen molar-refractivity contribution in [2.45, 2.75) is 65.5 Å². The lowest BCUT2D eigenvalue weighted by atomic mass is 9.82. The van der Waals surface area contributed by atoms with Crippen molar-refractivity contribution in [3.63, 3.8) is 0 Å². The third-order valence-electron chi connectivity index (χ3n) is 12.4. The number of pyridine rings is 2. The zero-order valence-electron chi connectivity index (χ0n) is 35.9. The summed E-state index contributed by atoms with van der Waals surface area (Å²) in [5, 5.41) is 2.01. The quantitative estimate of drug-likeness (QED) is 0.193. The van der Waals surface area contributed by atoms with Gasteiger partial charge in [0.1, 0.15) is 0 Å². The van der Waals surface area contributed by atoms with Crippen LogP contribution in [-0.2, 0) is 17.0 Å². The zero-order chi connectivity index (χ0) is 43.3. The van der Waals surface area contributed by atoms with E-state index in [4.69, 9.17) is 9.97 Å². The van der Waals surface area contributed by atoms with Crippen LogP contribution in [-0.4, -0.2) is 15.0 Å². The second kappa shape index (κ2) is 14.1. The van der Waals surface area contributed by atoms with Crippen LogP contribution in [0.1, 0.15) is 63.8 Å². The van der Waals surface area contributed by atoms with E-state index in [0.29, 0.717) is 28.1 Å². The van der Waals surface area contributed by atoms with E-state index in [0.717, 1.165) is 77.6 Å². The van der Waals surface area contributed by atoms with Crippen molar-refractivity contribution >= 4 is 21.8 Å². The maximum Gasteiger partial charge on any atom is 0.419 e. The van der Waals surface area contributed by atoms with E-state index in [9.17, 15) is 0 Å². The molecule has 0 fully saturated rings. The Labute approximate surface area is 360 Å². The SMILES string of the molecule is Cc1c(-c2ccccc2)cc2nc1-c1cc(-c3ccccc3)cc(c1)-c1nc(cc(-c3ccccc3)c1C(F)(F)F)-c1cc(C(C)(C)C)cc3c1[nH]c1c-2cc(C(C)(C)C)cc13. The van der Waals surface area contributed by atoms with Gasteiger partial charge in [0.05, 0.1) is 39.4 Å². The van der Waals surface area contributed by atoms with E-state index in [1.807, 2.05) is 66.7 Å². The highest BCUT2D eigenvalue weighted by molar-refractivity contribution is 6.16. The van der Waals surface area contributed by atoms with E-state index >= 15 is 13.2 Å². The minimum absolute atomic E-state index is 0.0701. The minimum atomic E-state index is -4.75. The summed E-state index contributed by atoms with van der Waals surface area (Å²) in [6, 6.07) is 47.4. The first-order valence-corrected chi connectivity index (χ1v) is 21.1. The molecule has 1 aliphatic heterocycles. The molecule has 9 aromatic rings. The van der Waals surface area contributed by atoms with E-state index in [1.54, 1.807) is 30.3 Å². The molecule has 3 aromatic heterocycles. The molecule has 1 aliphatic rings. The van der Waals surface area contributed by atoms with Crippen molar-refractivity contribution < 1.29 is 13.2 Å². The normalized spacial score (nSPS) is 12.7. The predicted octanol–water partition coefficient (Wildman–Crippen LogP) is 16.0. The molecule has 6 aromatic carbocycles. The second-order valence-corrected chi connectivity index (χ2v) is 18.7. The van der Waals surface area contributed by atoms with Crippen LogP contribution in [0, 0.1) is 6.92 Å².